The van der Waals surface area contributed by atoms with Gasteiger partial charge in [0.1, 0.15) is 6.33 Å². The monoisotopic (exact) mass is 423 g/mol. The first-order valence-electron chi connectivity index (χ1n) is 9.80. The third kappa shape index (κ3) is 3.50. The van der Waals surface area contributed by atoms with Gasteiger partial charge >= 0.3 is 5.97 Å². The van der Waals surface area contributed by atoms with E-state index in [1.807, 2.05) is 47.0 Å². The first kappa shape index (κ1) is 19.3. The summed E-state index contributed by atoms with van der Waals surface area (Å²) in [6.45, 7) is 0. The molecule has 0 atom stereocenters. The van der Waals surface area contributed by atoms with Gasteiger partial charge in [-0.1, -0.05) is 18.2 Å². The van der Waals surface area contributed by atoms with E-state index in [1.54, 1.807) is 29.4 Å². The summed E-state index contributed by atoms with van der Waals surface area (Å²) in [5, 5.41) is 12.4. The van der Waals surface area contributed by atoms with E-state index < -0.39 is 5.97 Å². The fraction of sp³-hybridized carbons (Fsp3) is 0. The summed E-state index contributed by atoms with van der Waals surface area (Å²) < 4.78 is 3.51. The number of amides is 1. The number of fused-ring (bicyclic) bond motifs is 1. The van der Waals surface area contributed by atoms with E-state index in [0.717, 1.165) is 16.7 Å². The molecular weight excluding hydrogens is 406 g/mol. The molecule has 0 radical (unpaired) electrons. The van der Waals surface area contributed by atoms with Crippen molar-refractivity contribution in [2.75, 3.05) is 5.32 Å². The molecule has 5 aromatic rings. The standard InChI is InChI=1S/C24H17N5O3/c30-23(16-8-9-19(24(31)32)22(12-16)28-11-10-25-14-28)27-17-4-3-5-18(13-17)29-15-26-20-6-1-2-7-21(20)29/h1-15H,(H,27,30)(H,31,32). The summed E-state index contributed by atoms with van der Waals surface area (Å²) in [4.78, 5) is 32.9. The summed E-state index contributed by atoms with van der Waals surface area (Å²) in [5.41, 5.74) is 4.08. The molecule has 0 bridgehead atoms. The van der Waals surface area contributed by atoms with Gasteiger partial charge in [-0.25, -0.2) is 14.8 Å². The molecule has 0 fully saturated rings. The maximum absolute atomic E-state index is 12.9. The zero-order chi connectivity index (χ0) is 22.1. The van der Waals surface area contributed by atoms with Crippen molar-refractivity contribution in [1.29, 1.82) is 0 Å². The Balaban J connectivity index is 1.45. The van der Waals surface area contributed by atoms with E-state index in [9.17, 15) is 14.7 Å². The van der Waals surface area contributed by atoms with Crippen LogP contribution in [0.2, 0.25) is 0 Å². The fourth-order valence-electron chi connectivity index (χ4n) is 3.57. The number of nitrogens with one attached hydrogen (secondary N) is 1. The molecule has 0 aliphatic rings. The predicted octanol–water partition coefficient (Wildman–Crippen LogP) is 4.16. The topological polar surface area (TPSA) is 102 Å². The van der Waals surface area contributed by atoms with Gasteiger partial charge in [0.15, 0.2) is 0 Å². The van der Waals surface area contributed by atoms with Gasteiger partial charge in [0.05, 0.1) is 28.6 Å². The second-order valence-electron chi connectivity index (χ2n) is 7.11. The molecule has 0 saturated heterocycles. The number of hydrogen-bond acceptors (Lipinski definition) is 4. The third-order valence-corrected chi connectivity index (χ3v) is 5.11. The number of carboxylic acids is 1. The number of nitrogens with zero attached hydrogens (tertiary/aromatic N) is 4. The Hall–Kier alpha value is -4.72. The van der Waals surface area contributed by atoms with Crippen LogP contribution >= 0.6 is 0 Å². The number of aromatic nitrogens is 4. The van der Waals surface area contributed by atoms with Crippen LogP contribution in [0.15, 0.2) is 91.8 Å². The second kappa shape index (κ2) is 7.84. The SMILES string of the molecule is O=C(Nc1cccc(-n2cnc3ccccc32)c1)c1ccc(C(=O)O)c(-n2ccnc2)c1. The minimum absolute atomic E-state index is 0.0773. The Labute approximate surface area is 182 Å². The maximum Gasteiger partial charge on any atom is 0.337 e. The summed E-state index contributed by atoms with van der Waals surface area (Å²) in [5.74, 6) is -1.43. The van der Waals surface area contributed by atoms with Crippen LogP contribution in [-0.4, -0.2) is 36.1 Å². The molecule has 0 aliphatic carbocycles. The van der Waals surface area contributed by atoms with Crippen LogP contribution in [0.4, 0.5) is 5.69 Å². The number of hydrogen-bond donors (Lipinski definition) is 2. The smallest absolute Gasteiger partial charge is 0.337 e. The molecule has 1 amide bonds. The zero-order valence-corrected chi connectivity index (χ0v) is 16.7. The minimum Gasteiger partial charge on any atom is -0.478 e. The lowest BCUT2D eigenvalue weighted by molar-refractivity contribution is 0.0696. The molecule has 156 valence electrons. The van der Waals surface area contributed by atoms with Gasteiger partial charge in [-0.05, 0) is 48.5 Å². The number of para-hydroxylation sites is 2. The predicted molar refractivity (Wildman–Crippen MR) is 120 cm³/mol. The van der Waals surface area contributed by atoms with Crippen molar-refractivity contribution >= 4 is 28.6 Å². The number of benzene rings is 3. The van der Waals surface area contributed by atoms with Crippen molar-refractivity contribution in [3.05, 3.63) is 103 Å². The Kier molecular flexibility index (Phi) is 4.72. The summed E-state index contributed by atoms with van der Waals surface area (Å²) in [6, 6.07) is 19.7. The Morgan fingerprint density at radius 2 is 1.81 bits per heavy atom. The second-order valence-corrected chi connectivity index (χ2v) is 7.11. The molecular formula is C24H17N5O3. The van der Waals surface area contributed by atoms with Crippen LogP contribution < -0.4 is 5.32 Å². The molecule has 0 unspecified atom stereocenters. The summed E-state index contributed by atoms with van der Waals surface area (Å²) >= 11 is 0. The number of rotatable bonds is 5. The fourth-order valence-corrected chi connectivity index (χ4v) is 3.57. The lowest BCUT2D eigenvalue weighted by Crippen LogP contribution is -2.14. The normalized spacial score (nSPS) is 10.9. The van der Waals surface area contributed by atoms with Gasteiger partial charge in [0.2, 0.25) is 0 Å². The lowest BCUT2D eigenvalue weighted by atomic mass is 10.1. The quantitative estimate of drug-likeness (QED) is 0.442. The molecule has 5 rings (SSSR count). The van der Waals surface area contributed by atoms with Crippen molar-refractivity contribution in [2.24, 2.45) is 0 Å². The lowest BCUT2D eigenvalue weighted by Gasteiger charge is -2.11. The number of carbonyl (C=O) groups is 2. The molecule has 0 aliphatic heterocycles. The van der Waals surface area contributed by atoms with Gasteiger partial charge in [0, 0.05) is 29.3 Å². The summed E-state index contributed by atoms with van der Waals surface area (Å²) in [7, 11) is 0. The molecule has 2 aromatic heterocycles. The largest absolute Gasteiger partial charge is 0.478 e. The van der Waals surface area contributed by atoms with Crippen molar-refractivity contribution in [3.8, 4) is 11.4 Å². The van der Waals surface area contributed by atoms with Gasteiger partial charge < -0.3 is 15.0 Å². The van der Waals surface area contributed by atoms with Crippen LogP contribution in [0.5, 0.6) is 0 Å². The number of imidazole rings is 2. The van der Waals surface area contributed by atoms with E-state index in [2.05, 4.69) is 15.3 Å². The number of aromatic carboxylic acids is 1. The van der Waals surface area contributed by atoms with Crippen LogP contribution in [0.25, 0.3) is 22.4 Å². The molecule has 2 N–H and O–H groups in total. The average Bonchev–Trinajstić information content (AvgIpc) is 3.49. The van der Waals surface area contributed by atoms with E-state index >= 15 is 0 Å². The molecule has 3 aromatic carbocycles. The molecule has 2 heterocycles. The van der Waals surface area contributed by atoms with E-state index in [1.165, 1.54) is 24.5 Å². The molecule has 8 nitrogen and oxygen atoms in total. The number of anilines is 1. The van der Waals surface area contributed by atoms with Crippen LogP contribution in [-0.2, 0) is 0 Å². The third-order valence-electron chi connectivity index (χ3n) is 5.11. The highest BCUT2D eigenvalue weighted by Gasteiger charge is 2.16. The van der Waals surface area contributed by atoms with Crippen LogP contribution in [0.1, 0.15) is 20.7 Å². The Morgan fingerprint density at radius 1 is 0.938 bits per heavy atom. The first-order chi connectivity index (χ1) is 15.6. The molecule has 0 saturated carbocycles. The minimum atomic E-state index is -1.08. The Bertz CT molecular complexity index is 1450. The van der Waals surface area contributed by atoms with Crippen molar-refractivity contribution in [1.82, 2.24) is 19.1 Å². The average molecular weight is 423 g/mol. The van der Waals surface area contributed by atoms with Gasteiger partial charge in [0.25, 0.3) is 5.91 Å². The highest BCUT2D eigenvalue weighted by Crippen LogP contribution is 2.22. The zero-order valence-electron chi connectivity index (χ0n) is 16.7. The Morgan fingerprint density at radius 3 is 2.62 bits per heavy atom. The highest BCUT2D eigenvalue weighted by molar-refractivity contribution is 6.05. The van der Waals surface area contributed by atoms with E-state index in [0.29, 0.717) is 16.9 Å². The maximum atomic E-state index is 12.9. The molecule has 32 heavy (non-hydrogen) atoms. The molecule has 0 spiro atoms. The van der Waals surface area contributed by atoms with Gasteiger partial charge in [-0.2, -0.15) is 0 Å². The summed E-state index contributed by atoms with van der Waals surface area (Å²) in [6.07, 6.45) is 6.40. The van der Waals surface area contributed by atoms with E-state index in [-0.39, 0.29) is 11.5 Å². The van der Waals surface area contributed by atoms with Crippen molar-refractivity contribution in [3.63, 3.8) is 0 Å². The number of carboxylic acid groups (broad SMARTS) is 1. The van der Waals surface area contributed by atoms with Gasteiger partial charge in [-0.15, -0.1) is 0 Å². The van der Waals surface area contributed by atoms with Crippen molar-refractivity contribution in [2.45, 2.75) is 0 Å². The van der Waals surface area contributed by atoms with Crippen molar-refractivity contribution < 1.29 is 14.7 Å². The molecule has 8 heteroatoms. The van der Waals surface area contributed by atoms with Gasteiger partial charge in [-0.3, -0.25) is 9.36 Å². The number of carbonyl (C=O) groups excluding carboxylic acids is 1. The first-order valence-corrected chi connectivity index (χ1v) is 9.80. The van der Waals surface area contributed by atoms with E-state index in [4.69, 9.17) is 0 Å². The van der Waals surface area contributed by atoms with Crippen LogP contribution in [0, 0.1) is 0 Å². The highest BCUT2D eigenvalue weighted by atomic mass is 16.4. The van der Waals surface area contributed by atoms with Crippen LogP contribution in [0.3, 0.4) is 0 Å².